The number of nitrogens with one attached hydrogen (secondary N) is 4. The van der Waals surface area contributed by atoms with Crippen molar-refractivity contribution in [1.82, 2.24) is 15.0 Å². The van der Waals surface area contributed by atoms with E-state index >= 15 is 0 Å². The van der Waals surface area contributed by atoms with Gasteiger partial charge in [0.2, 0.25) is 23.8 Å². The van der Waals surface area contributed by atoms with Gasteiger partial charge in [0.05, 0.1) is 18.7 Å². The zero-order valence-electron chi connectivity index (χ0n) is 21.9. The number of benzene rings is 3. The summed E-state index contributed by atoms with van der Waals surface area (Å²) in [6.45, 7) is 8.04. The number of hydrogen-bond acceptors (Lipinski definition) is 8. The van der Waals surface area contributed by atoms with Gasteiger partial charge in [0.25, 0.3) is 0 Å². The quantitative estimate of drug-likeness (QED) is 0.199. The number of aryl methyl sites for hydroxylation is 4. The summed E-state index contributed by atoms with van der Waals surface area (Å²) in [4.78, 5) is 26.1. The van der Waals surface area contributed by atoms with Gasteiger partial charge in [-0.2, -0.15) is 15.0 Å². The lowest BCUT2D eigenvalue weighted by molar-refractivity contribution is -0.114. The fourth-order valence-corrected chi connectivity index (χ4v) is 4.08. The molecule has 0 aliphatic carbocycles. The summed E-state index contributed by atoms with van der Waals surface area (Å²) < 4.78 is 5.15. The van der Waals surface area contributed by atoms with Crippen molar-refractivity contribution in [2.75, 3.05) is 34.9 Å². The Bertz CT molecular complexity index is 1400. The van der Waals surface area contributed by atoms with Crippen LogP contribution < -0.4 is 26.0 Å². The third-order valence-electron chi connectivity index (χ3n) is 5.73. The van der Waals surface area contributed by atoms with Crippen molar-refractivity contribution in [3.8, 4) is 5.75 Å². The van der Waals surface area contributed by atoms with Crippen LogP contribution in [0.3, 0.4) is 0 Å². The number of methoxy groups -OCH3 is 1. The van der Waals surface area contributed by atoms with Gasteiger partial charge >= 0.3 is 0 Å². The van der Waals surface area contributed by atoms with E-state index in [4.69, 9.17) is 16.3 Å². The fourth-order valence-electron chi connectivity index (χ4n) is 3.82. The molecule has 1 amide bonds. The van der Waals surface area contributed by atoms with Gasteiger partial charge in [-0.05, 0) is 69.2 Å². The van der Waals surface area contributed by atoms with Gasteiger partial charge in [-0.1, -0.05) is 47.0 Å². The molecular formula is C28H30ClN7O2. The van der Waals surface area contributed by atoms with E-state index in [1.807, 2.05) is 52.0 Å². The van der Waals surface area contributed by atoms with Crippen LogP contribution in [0.1, 0.15) is 22.3 Å². The van der Waals surface area contributed by atoms with Gasteiger partial charge in [0.1, 0.15) is 5.75 Å². The second-order valence-corrected chi connectivity index (χ2v) is 9.35. The van der Waals surface area contributed by atoms with Crippen LogP contribution in [-0.2, 0) is 4.79 Å². The number of amides is 1. The van der Waals surface area contributed by atoms with Crippen LogP contribution in [0.5, 0.6) is 5.75 Å². The molecule has 0 saturated heterocycles. The van der Waals surface area contributed by atoms with Gasteiger partial charge in [-0.25, -0.2) is 0 Å². The van der Waals surface area contributed by atoms with Gasteiger partial charge in [-0.3, -0.25) is 4.79 Å². The van der Waals surface area contributed by atoms with Gasteiger partial charge in [0.15, 0.2) is 0 Å². The van der Waals surface area contributed by atoms with E-state index in [1.165, 1.54) is 7.11 Å². The third kappa shape index (κ3) is 6.89. The molecule has 38 heavy (non-hydrogen) atoms. The largest absolute Gasteiger partial charge is 0.495 e. The first-order valence-corrected chi connectivity index (χ1v) is 12.4. The minimum Gasteiger partial charge on any atom is -0.495 e. The van der Waals surface area contributed by atoms with Crippen molar-refractivity contribution in [3.63, 3.8) is 0 Å². The summed E-state index contributed by atoms with van der Waals surface area (Å²) in [5.74, 6) is 1.15. The first kappa shape index (κ1) is 26.7. The Kier molecular flexibility index (Phi) is 8.28. The zero-order valence-corrected chi connectivity index (χ0v) is 22.7. The van der Waals surface area contributed by atoms with Crippen LogP contribution >= 0.6 is 11.6 Å². The van der Waals surface area contributed by atoms with Crippen LogP contribution in [0.2, 0.25) is 5.02 Å². The number of aromatic nitrogens is 3. The number of hydrogen-bond donors (Lipinski definition) is 4. The molecule has 1 heterocycles. The number of carbonyl (C=O) groups excluding carboxylic acids is 1. The number of rotatable bonds is 9. The molecule has 9 nitrogen and oxygen atoms in total. The number of anilines is 6. The number of ether oxygens (including phenoxy) is 1. The highest BCUT2D eigenvalue weighted by molar-refractivity contribution is 6.32. The van der Waals surface area contributed by atoms with E-state index in [1.54, 1.807) is 18.2 Å². The molecule has 4 rings (SSSR count). The second-order valence-electron chi connectivity index (χ2n) is 8.94. The Morgan fingerprint density at radius 1 is 0.789 bits per heavy atom. The van der Waals surface area contributed by atoms with Crippen molar-refractivity contribution in [2.45, 2.75) is 27.7 Å². The van der Waals surface area contributed by atoms with E-state index in [2.05, 4.69) is 48.4 Å². The molecule has 0 radical (unpaired) electrons. The van der Waals surface area contributed by atoms with Crippen molar-refractivity contribution in [2.24, 2.45) is 0 Å². The molecule has 196 valence electrons. The fraction of sp³-hybridized carbons (Fsp3) is 0.214. The molecule has 0 unspecified atom stereocenters. The molecule has 4 N–H and O–H groups in total. The average molecular weight is 532 g/mol. The Hall–Kier alpha value is -4.37. The second kappa shape index (κ2) is 11.8. The minimum atomic E-state index is -0.292. The maximum absolute atomic E-state index is 12.6. The van der Waals surface area contributed by atoms with E-state index in [0.29, 0.717) is 28.4 Å². The summed E-state index contributed by atoms with van der Waals surface area (Å²) in [7, 11) is 1.53. The molecule has 1 aromatic heterocycles. The molecule has 4 aromatic rings. The van der Waals surface area contributed by atoms with Crippen LogP contribution in [0.4, 0.5) is 34.9 Å². The maximum Gasteiger partial charge on any atom is 0.243 e. The highest BCUT2D eigenvalue weighted by Crippen LogP contribution is 2.27. The molecule has 0 bridgehead atoms. The molecule has 10 heteroatoms. The highest BCUT2D eigenvalue weighted by Gasteiger charge is 2.12. The minimum absolute atomic E-state index is 0.0698. The lowest BCUT2D eigenvalue weighted by atomic mass is 10.1. The standard InChI is InChI=1S/C28H30ClN7O2/c1-16-6-9-22(18(3)12-16)32-27-34-26(35-28(36-27)33-23-10-7-17(2)13-19(23)4)30-15-25(37)31-20-8-11-24(38-5)21(29)14-20/h6-14H,15H2,1-5H3,(H,31,37)(H3,30,32,33,34,35,36). The zero-order chi connectivity index (χ0) is 27.2. The summed E-state index contributed by atoms with van der Waals surface area (Å²) in [6.07, 6.45) is 0. The normalized spacial score (nSPS) is 10.6. The van der Waals surface area contributed by atoms with Crippen LogP contribution in [0.25, 0.3) is 0 Å². The first-order chi connectivity index (χ1) is 18.2. The maximum atomic E-state index is 12.6. The van der Waals surface area contributed by atoms with E-state index in [0.717, 1.165) is 33.6 Å². The van der Waals surface area contributed by atoms with E-state index in [9.17, 15) is 4.79 Å². The van der Waals surface area contributed by atoms with Crippen molar-refractivity contribution < 1.29 is 9.53 Å². The van der Waals surface area contributed by atoms with E-state index in [-0.39, 0.29) is 18.4 Å². The predicted octanol–water partition coefficient (Wildman–Crippen LogP) is 6.31. The Morgan fingerprint density at radius 3 is 1.84 bits per heavy atom. The average Bonchev–Trinajstić information content (AvgIpc) is 2.86. The Morgan fingerprint density at radius 2 is 1.34 bits per heavy atom. The monoisotopic (exact) mass is 531 g/mol. The third-order valence-corrected chi connectivity index (χ3v) is 6.03. The van der Waals surface area contributed by atoms with Crippen molar-refractivity contribution in [1.29, 1.82) is 0 Å². The van der Waals surface area contributed by atoms with Crippen LogP contribution in [0, 0.1) is 27.7 Å². The smallest absolute Gasteiger partial charge is 0.243 e. The molecular weight excluding hydrogens is 502 g/mol. The highest BCUT2D eigenvalue weighted by atomic mass is 35.5. The number of carbonyl (C=O) groups is 1. The Balaban J connectivity index is 1.54. The van der Waals surface area contributed by atoms with Gasteiger partial charge in [-0.15, -0.1) is 0 Å². The van der Waals surface area contributed by atoms with Crippen LogP contribution in [-0.4, -0.2) is 34.5 Å². The molecule has 0 aliphatic heterocycles. The number of nitrogens with zero attached hydrogens (tertiary/aromatic N) is 3. The Labute approximate surface area is 227 Å². The molecule has 0 aliphatic rings. The number of halogens is 1. The molecule has 0 spiro atoms. The van der Waals surface area contributed by atoms with Crippen molar-refractivity contribution >= 4 is 52.4 Å². The SMILES string of the molecule is COc1ccc(NC(=O)CNc2nc(Nc3ccc(C)cc3C)nc(Nc3ccc(C)cc3C)n2)cc1Cl. The summed E-state index contributed by atoms with van der Waals surface area (Å²) >= 11 is 6.16. The molecule has 0 saturated carbocycles. The van der Waals surface area contributed by atoms with Gasteiger partial charge in [0, 0.05) is 17.1 Å². The summed E-state index contributed by atoms with van der Waals surface area (Å²) in [5.41, 5.74) is 6.73. The van der Waals surface area contributed by atoms with Crippen molar-refractivity contribution in [3.05, 3.63) is 81.9 Å². The first-order valence-electron chi connectivity index (χ1n) is 12.0. The van der Waals surface area contributed by atoms with Crippen LogP contribution in [0.15, 0.2) is 54.6 Å². The summed E-state index contributed by atoms with van der Waals surface area (Å²) in [6, 6.07) is 17.2. The predicted molar refractivity (Wildman–Crippen MR) is 153 cm³/mol. The lowest BCUT2D eigenvalue weighted by Gasteiger charge is -2.14. The molecule has 0 fully saturated rings. The molecule has 0 atom stereocenters. The molecule has 3 aromatic carbocycles. The lowest BCUT2D eigenvalue weighted by Crippen LogP contribution is -2.23. The van der Waals surface area contributed by atoms with E-state index < -0.39 is 0 Å². The van der Waals surface area contributed by atoms with Gasteiger partial charge < -0.3 is 26.0 Å². The summed E-state index contributed by atoms with van der Waals surface area (Å²) in [5, 5.41) is 12.7. The topological polar surface area (TPSA) is 113 Å².